The SMILES string of the molecule is Cc1cnc(-c2ccnc(C(C)(C)O)n2)cc1-n1c(C)cc([C@@H]2CC[C@H]2c2cnn(C(F)F)c2)c(Cl)c1=O. The quantitative estimate of drug-likeness (QED) is 0.350. The number of hydrogen-bond acceptors (Lipinski definition) is 6. The maximum Gasteiger partial charge on any atom is 0.333 e. The Bertz CT molecular complexity index is 1580. The van der Waals surface area contributed by atoms with Gasteiger partial charge in [-0.15, -0.1) is 0 Å². The van der Waals surface area contributed by atoms with Crippen LogP contribution < -0.4 is 5.56 Å². The predicted molar refractivity (Wildman–Crippen MR) is 139 cm³/mol. The van der Waals surface area contributed by atoms with Gasteiger partial charge in [-0.2, -0.15) is 13.9 Å². The largest absolute Gasteiger partial charge is 0.382 e. The van der Waals surface area contributed by atoms with Crippen LogP contribution in [0, 0.1) is 13.8 Å². The highest BCUT2D eigenvalue weighted by molar-refractivity contribution is 6.31. The van der Waals surface area contributed by atoms with Crippen LogP contribution in [0.4, 0.5) is 8.78 Å². The van der Waals surface area contributed by atoms with E-state index in [0.717, 1.165) is 18.4 Å². The second kappa shape index (κ2) is 9.67. The fourth-order valence-corrected chi connectivity index (χ4v) is 5.20. The van der Waals surface area contributed by atoms with E-state index in [0.29, 0.717) is 38.6 Å². The van der Waals surface area contributed by atoms with E-state index >= 15 is 0 Å². The minimum Gasteiger partial charge on any atom is -0.382 e. The second-order valence-corrected chi connectivity index (χ2v) is 10.6. The second-order valence-electron chi connectivity index (χ2n) is 10.2. The van der Waals surface area contributed by atoms with Gasteiger partial charge in [-0.25, -0.2) is 14.6 Å². The van der Waals surface area contributed by atoms with Crippen LogP contribution in [0.15, 0.2) is 47.8 Å². The number of halogens is 3. The Morgan fingerprint density at radius 2 is 1.84 bits per heavy atom. The molecule has 0 saturated heterocycles. The summed E-state index contributed by atoms with van der Waals surface area (Å²) in [5.74, 6) is 0.162. The average Bonchev–Trinajstić information content (AvgIpc) is 3.32. The van der Waals surface area contributed by atoms with Crippen molar-refractivity contribution < 1.29 is 13.9 Å². The third kappa shape index (κ3) is 4.63. The summed E-state index contributed by atoms with van der Waals surface area (Å²) in [5, 5.41) is 14.2. The molecule has 0 unspecified atom stereocenters. The van der Waals surface area contributed by atoms with Gasteiger partial charge in [-0.1, -0.05) is 11.6 Å². The minimum absolute atomic E-state index is 0.0355. The molecule has 1 aliphatic carbocycles. The molecular formula is C27H27ClF2N6O2. The number of alkyl halides is 2. The van der Waals surface area contributed by atoms with Gasteiger partial charge in [0.1, 0.15) is 10.6 Å². The molecule has 0 bridgehead atoms. The number of aryl methyl sites for hydroxylation is 2. The van der Waals surface area contributed by atoms with Gasteiger partial charge in [0.2, 0.25) is 0 Å². The number of aromatic nitrogens is 6. The zero-order chi connectivity index (χ0) is 27.4. The zero-order valence-electron chi connectivity index (χ0n) is 21.4. The molecule has 1 saturated carbocycles. The number of aliphatic hydroxyl groups is 1. The van der Waals surface area contributed by atoms with Crippen molar-refractivity contribution in [1.29, 1.82) is 0 Å². The van der Waals surface area contributed by atoms with Crippen molar-refractivity contribution in [3.8, 4) is 17.1 Å². The van der Waals surface area contributed by atoms with E-state index in [4.69, 9.17) is 11.6 Å². The Kier molecular flexibility index (Phi) is 6.65. The summed E-state index contributed by atoms with van der Waals surface area (Å²) in [6, 6.07) is 5.35. The average molecular weight is 541 g/mol. The molecule has 1 aliphatic rings. The van der Waals surface area contributed by atoms with Gasteiger partial charge in [-0.05, 0) is 87.3 Å². The summed E-state index contributed by atoms with van der Waals surface area (Å²) >= 11 is 6.68. The molecule has 2 atom stereocenters. The molecule has 4 heterocycles. The lowest BCUT2D eigenvalue weighted by molar-refractivity contribution is 0.0564. The van der Waals surface area contributed by atoms with Crippen LogP contribution in [0.1, 0.15) is 73.3 Å². The molecule has 0 spiro atoms. The molecule has 1 fully saturated rings. The molecule has 0 aliphatic heterocycles. The summed E-state index contributed by atoms with van der Waals surface area (Å²) < 4.78 is 28.2. The van der Waals surface area contributed by atoms with E-state index in [9.17, 15) is 18.7 Å². The van der Waals surface area contributed by atoms with Gasteiger partial charge in [0, 0.05) is 24.3 Å². The van der Waals surface area contributed by atoms with Crippen molar-refractivity contribution in [1.82, 2.24) is 29.3 Å². The van der Waals surface area contributed by atoms with Gasteiger partial charge < -0.3 is 5.11 Å². The van der Waals surface area contributed by atoms with Crippen molar-refractivity contribution in [3.63, 3.8) is 0 Å². The summed E-state index contributed by atoms with van der Waals surface area (Å²) in [7, 11) is 0. The maximum absolute atomic E-state index is 13.6. The number of rotatable bonds is 6. The first-order valence-electron chi connectivity index (χ1n) is 12.2. The van der Waals surface area contributed by atoms with E-state index in [1.807, 2.05) is 19.9 Å². The Morgan fingerprint density at radius 1 is 1.11 bits per heavy atom. The first kappa shape index (κ1) is 26.1. The molecule has 198 valence electrons. The standard InChI is InChI=1S/C27H27ClF2N6O2/c1-14-11-32-21(20-7-8-31-25(34-20)27(3,4)38)10-22(14)36-15(2)9-19(23(28)24(36)37)18-6-5-17(18)16-12-33-35(13-16)26(29)30/h7-13,17-18,26,38H,5-6H2,1-4H3/t17-,18+/m0/s1. The highest BCUT2D eigenvalue weighted by atomic mass is 35.5. The van der Waals surface area contributed by atoms with E-state index in [1.165, 1.54) is 12.4 Å². The fourth-order valence-electron chi connectivity index (χ4n) is 4.92. The monoisotopic (exact) mass is 540 g/mol. The number of pyridine rings is 2. The highest BCUT2D eigenvalue weighted by Crippen LogP contribution is 2.50. The van der Waals surface area contributed by atoms with E-state index in [2.05, 4.69) is 20.1 Å². The molecule has 38 heavy (non-hydrogen) atoms. The van der Waals surface area contributed by atoms with E-state index in [1.54, 1.807) is 42.9 Å². The van der Waals surface area contributed by atoms with Gasteiger partial charge in [0.15, 0.2) is 5.82 Å². The molecule has 4 aromatic rings. The molecular weight excluding hydrogens is 514 g/mol. The Hall–Kier alpha value is -3.50. The summed E-state index contributed by atoms with van der Waals surface area (Å²) in [4.78, 5) is 26.7. The molecule has 0 aromatic carbocycles. The lowest BCUT2D eigenvalue weighted by Gasteiger charge is -2.37. The van der Waals surface area contributed by atoms with Gasteiger partial charge in [-0.3, -0.25) is 14.3 Å². The van der Waals surface area contributed by atoms with Crippen LogP contribution in [0.5, 0.6) is 0 Å². The molecule has 5 rings (SSSR count). The van der Waals surface area contributed by atoms with Gasteiger partial charge in [0.05, 0.1) is 23.3 Å². The summed E-state index contributed by atoms with van der Waals surface area (Å²) in [5.41, 5.74) is 2.91. The molecule has 4 aromatic heterocycles. The lowest BCUT2D eigenvalue weighted by Crippen LogP contribution is -2.28. The van der Waals surface area contributed by atoms with Crippen molar-refractivity contribution in [3.05, 3.63) is 86.6 Å². The van der Waals surface area contributed by atoms with Gasteiger partial charge >= 0.3 is 6.55 Å². The predicted octanol–water partition coefficient (Wildman–Crippen LogP) is 5.44. The smallest absolute Gasteiger partial charge is 0.333 e. The first-order valence-corrected chi connectivity index (χ1v) is 12.6. The van der Waals surface area contributed by atoms with Crippen LogP contribution in [0.3, 0.4) is 0 Å². The van der Waals surface area contributed by atoms with Crippen molar-refractivity contribution in [2.24, 2.45) is 0 Å². The number of nitrogens with zero attached hydrogens (tertiary/aromatic N) is 6. The van der Waals surface area contributed by atoms with Crippen LogP contribution in [0.25, 0.3) is 17.1 Å². The maximum atomic E-state index is 13.6. The molecule has 1 N–H and O–H groups in total. The zero-order valence-corrected chi connectivity index (χ0v) is 22.1. The first-order chi connectivity index (χ1) is 18.0. The number of hydrogen-bond donors (Lipinski definition) is 1. The van der Waals surface area contributed by atoms with E-state index < -0.39 is 12.2 Å². The molecule has 0 amide bonds. The van der Waals surface area contributed by atoms with Crippen molar-refractivity contribution >= 4 is 11.6 Å². The third-order valence-electron chi connectivity index (χ3n) is 7.07. The third-order valence-corrected chi connectivity index (χ3v) is 7.45. The molecule has 11 heteroatoms. The summed E-state index contributed by atoms with van der Waals surface area (Å²) in [6.45, 7) is 4.19. The Morgan fingerprint density at radius 3 is 2.47 bits per heavy atom. The minimum atomic E-state index is -2.70. The Labute approximate surface area is 223 Å². The van der Waals surface area contributed by atoms with Crippen LogP contribution in [-0.4, -0.2) is 34.4 Å². The summed E-state index contributed by atoms with van der Waals surface area (Å²) in [6.07, 6.45) is 7.64. The van der Waals surface area contributed by atoms with Crippen molar-refractivity contribution in [2.75, 3.05) is 0 Å². The molecule has 0 radical (unpaired) electrons. The van der Waals surface area contributed by atoms with Crippen LogP contribution >= 0.6 is 11.6 Å². The van der Waals surface area contributed by atoms with E-state index in [-0.39, 0.29) is 28.2 Å². The molecule has 8 nitrogen and oxygen atoms in total. The van der Waals surface area contributed by atoms with Crippen LogP contribution in [-0.2, 0) is 5.60 Å². The topological polar surface area (TPSA) is 98.7 Å². The Balaban J connectivity index is 1.53. The van der Waals surface area contributed by atoms with Gasteiger partial charge in [0.25, 0.3) is 5.56 Å². The van der Waals surface area contributed by atoms with Crippen molar-refractivity contribution in [2.45, 2.75) is 64.5 Å². The fraction of sp³-hybridized carbons (Fsp3) is 0.370. The lowest BCUT2D eigenvalue weighted by atomic mass is 9.67. The highest BCUT2D eigenvalue weighted by Gasteiger charge is 2.37. The normalized spacial score (nSPS) is 17.6. The van der Waals surface area contributed by atoms with Crippen LogP contribution in [0.2, 0.25) is 5.02 Å².